The molecule has 1 aromatic rings. The summed E-state index contributed by atoms with van der Waals surface area (Å²) in [6.07, 6.45) is 5.45. The van der Waals surface area contributed by atoms with E-state index in [-0.39, 0.29) is 0 Å². The van der Waals surface area contributed by atoms with Crippen LogP contribution < -0.4 is 5.32 Å². The third kappa shape index (κ3) is 2.79. The number of halogens is 1. The molecule has 3 rings (SSSR count). The monoisotopic (exact) mass is 309 g/mol. The molecule has 0 amide bonds. The second-order valence-corrected chi connectivity index (χ2v) is 6.28. The van der Waals surface area contributed by atoms with E-state index in [9.17, 15) is 0 Å². The van der Waals surface area contributed by atoms with Crippen molar-refractivity contribution in [3.8, 4) is 0 Å². The first-order valence-corrected chi connectivity index (χ1v) is 7.71. The van der Waals surface area contributed by atoms with E-state index in [1.807, 2.05) is 0 Å². The van der Waals surface area contributed by atoms with Crippen LogP contribution in [0.4, 0.5) is 0 Å². The van der Waals surface area contributed by atoms with Crippen molar-refractivity contribution in [2.24, 2.45) is 0 Å². The van der Waals surface area contributed by atoms with Gasteiger partial charge in [-0.2, -0.15) is 0 Å². The normalized spacial score (nSPS) is 31.3. The lowest BCUT2D eigenvalue weighted by Gasteiger charge is -2.37. The summed E-state index contributed by atoms with van der Waals surface area (Å²) in [4.78, 5) is 0. The molecule has 1 atom stereocenters. The fourth-order valence-electron chi connectivity index (χ4n) is 2.95. The number of ether oxygens (including phenoxy) is 1. The van der Waals surface area contributed by atoms with Gasteiger partial charge in [0.2, 0.25) is 0 Å². The van der Waals surface area contributed by atoms with Crippen molar-refractivity contribution in [3.63, 3.8) is 0 Å². The second kappa shape index (κ2) is 5.72. The first kappa shape index (κ1) is 12.6. The van der Waals surface area contributed by atoms with Gasteiger partial charge in [-0.1, -0.05) is 34.1 Å². The van der Waals surface area contributed by atoms with E-state index in [0.29, 0.717) is 12.1 Å². The average molecular weight is 310 g/mol. The van der Waals surface area contributed by atoms with Crippen molar-refractivity contribution >= 4 is 15.9 Å². The molecule has 0 spiro atoms. The van der Waals surface area contributed by atoms with Gasteiger partial charge in [0.1, 0.15) is 0 Å². The first-order valence-electron chi connectivity index (χ1n) is 6.92. The van der Waals surface area contributed by atoms with E-state index in [1.54, 1.807) is 0 Å². The zero-order chi connectivity index (χ0) is 12.4. The molecule has 0 bridgehead atoms. The van der Waals surface area contributed by atoms with Gasteiger partial charge in [0.15, 0.2) is 0 Å². The molecule has 0 aromatic heterocycles. The molecule has 1 aliphatic carbocycles. The molecule has 1 saturated heterocycles. The molecule has 2 nitrogen and oxygen atoms in total. The average Bonchev–Trinajstić information content (AvgIpc) is 2.82. The van der Waals surface area contributed by atoms with Gasteiger partial charge in [0, 0.05) is 23.7 Å². The van der Waals surface area contributed by atoms with E-state index in [0.717, 1.165) is 19.1 Å². The molecular formula is C15H20BrNO. The molecule has 2 aliphatic rings. The predicted octanol–water partition coefficient (Wildman–Crippen LogP) is 3.46. The molecule has 1 heterocycles. The van der Waals surface area contributed by atoms with Crippen LogP contribution in [0.15, 0.2) is 28.7 Å². The zero-order valence-electron chi connectivity index (χ0n) is 10.6. The van der Waals surface area contributed by atoms with Crippen molar-refractivity contribution in [2.75, 3.05) is 13.2 Å². The molecule has 2 fully saturated rings. The SMILES string of the molecule is Brc1ccccc1C1CC(NCC2CCCO2)C1. The highest BCUT2D eigenvalue weighted by Gasteiger charge is 2.31. The molecule has 1 N–H and O–H groups in total. The highest BCUT2D eigenvalue weighted by atomic mass is 79.9. The number of nitrogens with one attached hydrogen (secondary N) is 1. The Morgan fingerprint density at radius 2 is 2.11 bits per heavy atom. The fraction of sp³-hybridized carbons (Fsp3) is 0.600. The summed E-state index contributed by atoms with van der Waals surface area (Å²) in [7, 11) is 0. The summed E-state index contributed by atoms with van der Waals surface area (Å²) in [5, 5.41) is 3.64. The van der Waals surface area contributed by atoms with Crippen molar-refractivity contribution in [3.05, 3.63) is 34.3 Å². The molecule has 98 valence electrons. The van der Waals surface area contributed by atoms with Crippen molar-refractivity contribution in [1.82, 2.24) is 5.32 Å². The minimum atomic E-state index is 0.465. The van der Waals surface area contributed by atoms with Crippen molar-refractivity contribution < 1.29 is 4.74 Å². The maximum absolute atomic E-state index is 5.63. The summed E-state index contributed by atoms with van der Waals surface area (Å²) >= 11 is 3.64. The highest BCUT2D eigenvalue weighted by molar-refractivity contribution is 9.10. The number of benzene rings is 1. The summed E-state index contributed by atoms with van der Waals surface area (Å²) < 4.78 is 6.89. The molecule has 1 unspecified atom stereocenters. The van der Waals surface area contributed by atoms with Crippen LogP contribution in [0.3, 0.4) is 0 Å². The Hall–Kier alpha value is -0.380. The van der Waals surface area contributed by atoms with Crippen LogP contribution in [0.2, 0.25) is 0 Å². The Morgan fingerprint density at radius 1 is 1.28 bits per heavy atom. The Morgan fingerprint density at radius 3 is 2.83 bits per heavy atom. The molecule has 0 radical (unpaired) electrons. The van der Waals surface area contributed by atoms with Crippen LogP contribution in [0.5, 0.6) is 0 Å². The van der Waals surface area contributed by atoms with E-state index >= 15 is 0 Å². The lowest BCUT2D eigenvalue weighted by atomic mass is 9.76. The molecule has 3 heteroatoms. The minimum Gasteiger partial charge on any atom is -0.377 e. The predicted molar refractivity (Wildman–Crippen MR) is 76.9 cm³/mol. The number of hydrogen-bond acceptors (Lipinski definition) is 2. The largest absolute Gasteiger partial charge is 0.377 e. The number of rotatable bonds is 4. The van der Waals surface area contributed by atoms with E-state index in [1.165, 1.54) is 35.7 Å². The van der Waals surface area contributed by atoms with Gasteiger partial charge in [-0.3, -0.25) is 0 Å². The van der Waals surface area contributed by atoms with Crippen molar-refractivity contribution in [2.45, 2.75) is 43.7 Å². The Bertz CT molecular complexity index is 397. The first-order chi connectivity index (χ1) is 8.83. The zero-order valence-corrected chi connectivity index (χ0v) is 12.2. The third-order valence-electron chi connectivity index (χ3n) is 4.14. The summed E-state index contributed by atoms with van der Waals surface area (Å²) in [5.41, 5.74) is 1.47. The Kier molecular flexibility index (Phi) is 4.02. The lowest BCUT2D eigenvalue weighted by Crippen LogP contribution is -2.43. The standard InChI is InChI=1S/C15H20BrNO/c16-15-6-2-1-5-14(15)11-8-12(9-11)17-10-13-4-3-7-18-13/h1-2,5-6,11-13,17H,3-4,7-10H2. The van der Waals surface area contributed by atoms with E-state index < -0.39 is 0 Å². The van der Waals surface area contributed by atoms with E-state index in [2.05, 4.69) is 45.5 Å². The second-order valence-electron chi connectivity index (χ2n) is 5.43. The van der Waals surface area contributed by atoms with Gasteiger partial charge in [-0.15, -0.1) is 0 Å². The van der Waals surface area contributed by atoms with Crippen LogP contribution in [0.25, 0.3) is 0 Å². The molecule has 1 aromatic carbocycles. The van der Waals surface area contributed by atoms with Gasteiger partial charge in [0.05, 0.1) is 6.10 Å². The summed E-state index contributed by atoms with van der Waals surface area (Å²) in [5.74, 6) is 0.725. The Balaban J connectivity index is 1.44. The highest BCUT2D eigenvalue weighted by Crippen LogP contribution is 2.39. The lowest BCUT2D eigenvalue weighted by molar-refractivity contribution is 0.102. The van der Waals surface area contributed by atoms with Crippen LogP contribution in [-0.4, -0.2) is 25.3 Å². The quantitative estimate of drug-likeness (QED) is 0.919. The van der Waals surface area contributed by atoms with Crippen LogP contribution >= 0.6 is 15.9 Å². The van der Waals surface area contributed by atoms with E-state index in [4.69, 9.17) is 4.74 Å². The fourth-order valence-corrected chi connectivity index (χ4v) is 3.56. The summed E-state index contributed by atoms with van der Waals surface area (Å²) in [6.45, 7) is 1.99. The minimum absolute atomic E-state index is 0.465. The van der Waals surface area contributed by atoms with Crippen LogP contribution in [0, 0.1) is 0 Å². The van der Waals surface area contributed by atoms with Crippen LogP contribution in [0.1, 0.15) is 37.2 Å². The van der Waals surface area contributed by atoms with Gasteiger partial charge in [0.25, 0.3) is 0 Å². The van der Waals surface area contributed by atoms with Gasteiger partial charge >= 0.3 is 0 Å². The number of hydrogen-bond donors (Lipinski definition) is 1. The topological polar surface area (TPSA) is 21.3 Å². The molecule has 1 aliphatic heterocycles. The third-order valence-corrected chi connectivity index (χ3v) is 4.86. The molecular weight excluding hydrogens is 290 g/mol. The molecule has 1 saturated carbocycles. The maximum atomic E-state index is 5.63. The van der Waals surface area contributed by atoms with Gasteiger partial charge < -0.3 is 10.1 Å². The molecule has 18 heavy (non-hydrogen) atoms. The van der Waals surface area contributed by atoms with Crippen LogP contribution in [-0.2, 0) is 4.74 Å². The maximum Gasteiger partial charge on any atom is 0.0700 e. The Labute approximate surface area is 117 Å². The van der Waals surface area contributed by atoms with Gasteiger partial charge in [-0.25, -0.2) is 0 Å². The smallest absolute Gasteiger partial charge is 0.0700 e. The summed E-state index contributed by atoms with van der Waals surface area (Å²) in [6, 6.07) is 9.28. The van der Waals surface area contributed by atoms with Gasteiger partial charge in [-0.05, 0) is 43.2 Å². The van der Waals surface area contributed by atoms with Crippen molar-refractivity contribution in [1.29, 1.82) is 0 Å².